The molecule has 130 valence electrons. The quantitative estimate of drug-likeness (QED) is 0.331. The van der Waals surface area contributed by atoms with Crippen molar-refractivity contribution in [1.82, 2.24) is 5.32 Å². The molecule has 0 aliphatic carbocycles. The first-order valence-electron chi connectivity index (χ1n) is 7.46. The van der Waals surface area contributed by atoms with Crippen LogP contribution < -0.4 is 5.32 Å². The van der Waals surface area contributed by atoms with Gasteiger partial charge in [-0.3, -0.25) is 14.9 Å². The largest absolute Gasteiger partial charge is 0.508 e. The maximum atomic E-state index is 11.5. The number of thioether (sulfide) groups is 1. The number of hydrogen-bond acceptors (Lipinski definition) is 7. The molecule has 1 fully saturated rings. The number of rotatable bonds is 8. The van der Waals surface area contributed by atoms with Crippen LogP contribution in [-0.2, 0) is 20.9 Å². The van der Waals surface area contributed by atoms with Gasteiger partial charge in [0.2, 0.25) is 5.91 Å². The van der Waals surface area contributed by atoms with Crippen molar-refractivity contribution < 1.29 is 24.0 Å². The molecule has 1 aliphatic rings. The molecule has 1 aromatic carbocycles. The summed E-state index contributed by atoms with van der Waals surface area (Å²) in [5, 5.41) is 13.4. The molecule has 1 amide bonds. The van der Waals surface area contributed by atoms with Gasteiger partial charge >= 0.3 is 6.16 Å². The highest BCUT2D eigenvalue weighted by molar-refractivity contribution is 8.00. The van der Waals surface area contributed by atoms with Crippen molar-refractivity contribution in [1.29, 1.82) is 0 Å². The molecule has 0 saturated carbocycles. The van der Waals surface area contributed by atoms with Crippen LogP contribution in [0.5, 0.6) is 0 Å². The molecule has 2 rings (SSSR count). The number of β-lactam (4-membered cyclic amide) rings is 1. The molecule has 8 nitrogen and oxygen atoms in total. The van der Waals surface area contributed by atoms with Gasteiger partial charge < -0.3 is 14.8 Å². The first-order valence-corrected chi connectivity index (χ1v) is 8.51. The van der Waals surface area contributed by atoms with Gasteiger partial charge in [-0.1, -0.05) is 6.92 Å². The predicted octanol–water partition coefficient (Wildman–Crippen LogP) is 2.46. The number of benzene rings is 1. The van der Waals surface area contributed by atoms with E-state index in [4.69, 9.17) is 9.47 Å². The van der Waals surface area contributed by atoms with E-state index in [0.717, 1.165) is 5.75 Å². The van der Waals surface area contributed by atoms with Crippen LogP contribution >= 0.6 is 11.8 Å². The van der Waals surface area contributed by atoms with E-state index in [0.29, 0.717) is 12.0 Å². The van der Waals surface area contributed by atoms with Gasteiger partial charge in [0.05, 0.1) is 22.8 Å². The molecule has 0 spiro atoms. The van der Waals surface area contributed by atoms with Crippen molar-refractivity contribution in [3.05, 3.63) is 39.9 Å². The summed E-state index contributed by atoms with van der Waals surface area (Å²) in [5.74, 6) is 0.737. The zero-order valence-electron chi connectivity index (χ0n) is 13.1. The first kappa shape index (κ1) is 18.1. The fourth-order valence-corrected chi connectivity index (χ4v) is 3.23. The van der Waals surface area contributed by atoms with Gasteiger partial charge in [-0.2, -0.15) is 0 Å². The number of carbonyl (C=O) groups excluding carboxylic acids is 2. The van der Waals surface area contributed by atoms with Crippen LogP contribution in [0.2, 0.25) is 0 Å². The first-order chi connectivity index (χ1) is 11.5. The Morgan fingerprint density at radius 2 is 2.04 bits per heavy atom. The molecule has 0 aromatic heterocycles. The van der Waals surface area contributed by atoms with Crippen LogP contribution in [0.25, 0.3) is 0 Å². The van der Waals surface area contributed by atoms with Gasteiger partial charge in [-0.25, -0.2) is 4.79 Å². The fourth-order valence-electron chi connectivity index (χ4n) is 2.18. The Kier molecular flexibility index (Phi) is 6.42. The average molecular weight is 354 g/mol. The topological polar surface area (TPSA) is 108 Å². The number of nitro groups is 1. The van der Waals surface area contributed by atoms with E-state index in [-0.39, 0.29) is 36.1 Å². The third-order valence-corrected chi connectivity index (χ3v) is 4.62. The normalized spacial score (nSPS) is 19.1. The van der Waals surface area contributed by atoms with E-state index in [1.165, 1.54) is 24.3 Å². The number of nitrogens with one attached hydrogen (secondary N) is 1. The number of hydrogen-bond donors (Lipinski definition) is 1. The Morgan fingerprint density at radius 1 is 1.33 bits per heavy atom. The minimum atomic E-state index is -0.826. The van der Waals surface area contributed by atoms with E-state index in [1.807, 2.05) is 6.92 Å². The highest BCUT2D eigenvalue weighted by Gasteiger charge is 2.38. The molecular weight excluding hydrogens is 336 g/mol. The van der Waals surface area contributed by atoms with Gasteiger partial charge in [-0.15, -0.1) is 11.8 Å². The van der Waals surface area contributed by atoms with Crippen molar-refractivity contribution >= 4 is 29.5 Å². The summed E-state index contributed by atoms with van der Waals surface area (Å²) in [6, 6.07) is 5.70. The third kappa shape index (κ3) is 4.85. The molecule has 1 aliphatic heterocycles. The van der Waals surface area contributed by atoms with Crippen molar-refractivity contribution in [2.45, 2.75) is 25.3 Å². The van der Waals surface area contributed by atoms with Gasteiger partial charge in [0, 0.05) is 12.1 Å². The number of nitro benzene ring substituents is 1. The average Bonchev–Trinajstić information content (AvgIpc) is 2.57. The molecule has 9 heteroatoms. The summed E-state index contributed by atoms with van der Waals surface area (Å²) < 4.78 is 9.87. The lowest BCUT2D eigenvalue weighted by Crippen LogP contribution is -2.56. The molecule has 2 atom stereocenters. The van der Waals surface area contributed by atoms with Gasteiger partial charge in [-0.05, 0) is 29.9 Å². The smallest absolute Gasteiger partial charge is 0.434 e. The second kappa shape index (κ2) is 8.53. The van der Waals surface area contributed by atoms with E-state index in [2.05, 4.69) is 5.32 Å². The molecule has 1 heterocycles. The van der Waals surface area contributed by atoms with Crippen molar-refractivity contribution in [3.63, 3.8) is 0 Å². The fraction of sp³-hybridized carbons (Fsp3) is 0.467. The van der Waals surface area contributed by atoms with Crippen LogP contribution in [0, 0.1) is 16.0 Å². The van der Waals surface area contributed by atoms with Crippen LogP contribution in [0.15, 0.2) is 24.3 Å². The second-order valence-corrected chi connectivity index (χ2v) is 6.51. The summed E-state index contributed by atoms with van der Waals surface area (Å²) in [7, 11) is 0. The molecule has 24 heavy (non-hydrogen) atoms. The number of non-ortho nitro benzene ring substituents is 1. The van der Waals surface area contributed by atoms with Crippen LogP contribution in [-0.4, -0.2) is 34.7 Å². The zero-order valence-corrected chi connectivity index (χ0v) is 13.9. The Labute approximate surface area is 143 Å². The minimum Gasteiger partial charge on any atom is -0.434 e. The Balaban J connectivity index is 1.66. The molecular formula is C15H18N2O6S. The lowest BCUT2D eigenvalue weighted by molar-refractivity contribution is -0.384. The van der Waals surface area contributed by atoms with Crippen LogP contribution in [0.3, 0.4) is 0 Å². The van der Waals surface area contributed by atoms with Crippen LogP contribution in [0.1, 0.15) is 18.9 Å². The Bertz CT molecular complexity index is 606. The lowest BCUT2D eigenvalue weighted by atomic mass is 9.98. The number of carbonyl (C=O) groups is 2. The molecule has 1 N–H and O–H groups in total. The van der Waals surface area contributed by atoms with Crippen molar-refractivity contribution in [2.75, 3.05) is 12.4 Å². The van der Waals surface area contributed by atoms with Gasteiger partial charge in [0.15, 0.2) is 0 Å². The van der Waals surface area contributed by atoms with Gasteiger partial charge in [0.1, 0.15) is 6.61 Å². The zero-order chi connectivity index (χ0) is 17.5. The summed E-state index contributed by atoms with van der Waals surface area (Å²) in [6.45, 7) is 2.09. The summed E-state index contributed by atoms with van der Waals surface area (Å²) >= 11 is 1.65. The van der Waals surface area contributed by atoms with Crippen molar-refractivity contribution in [2.24, 2.45) is 5.92 Å². The van der Waals surface area contributed by atoms with E-state index in [9.17, 15) is 19.7 Å². The summed E-state index contributed by atoms with van der Waals surface area (Å²) in [5.41, 5.74) is 0.593. The highest BCUT2D eigenvalue weighted by atomic mass is 32.2. The lowest BCUT2D eigenvalue weighted by Gasteiger charge is -2.35. The Hall–Kier alpha value is -2.29. The SMILES string of the molecule is CCSC1NC(=O)C1CCOC(=O)OCc1ccc([N+](=O)[O-])cc1. The standard InChI is InChI=1S/C15H18N2O6S/c1-2-24-14-12(13(18)16-14)7-8-22-15(19)23-9-10-3-5-11(6-4-10)17(20)21/h3-6,12,14H,2,7-9H2,1H3,(H,16,18). The highest BCUT2D eigenvalue weighted by Crippen LogP contribution is 2.28. The monoisotopic (exact) mass is 354 g/mol. The summed E-state index contributed by atoms with van der Waals surface area (Å²) in [4.78, 5) is 33.0. The Morgan fingerprint density at radius 3 is 2.62 bits per heavy atom. The molecule has 0 radical (unpaired) electrons. The maximum absolute atomic E-state index is 11.5. The van der Waals surface area contributed by atoms with Gasteiger partial charge in [0.25, 0.3) is 5.69 Å². The maximum Gasteiger partial charge on any atom is 0.508 e. The van der Waals surface area contributed by atoms with Crippen molar-refractivity contribution in [3.8, 4) is 0 Å². The predicted molar refractivity (Wildman–Crippen MR) is 87.4 cm³/mol. The third-order valence-electron chi connectivity index (χ3n) is 3.49. The second-order valence-electron chi connectivity index (χ2n) is 5.09. The molecule has 2 unspecified atom stereocenters. The van der Waals surface area contributed by atoms with E-state index in [1.54, 1.807) is 11.8 Å². The van der Waals surface area contributed by atoms with Crippen LogP contribution in [0.4, 0.5) is 10.5 Å². The molecule has 1 saturated heterocycles. The minimum absolute atomic E-state index is 0.0243. The van der Waals surface area contributed by atoms with E-state index < -0.39 is 11.1 Å². The number of nitrogens with zero attached hydrogens (tertiary/aromatic N) is 1. The number of amides is 1. The number of ether oxygens (including phenoxy) is 2. The molecule has 0 bridgehead atoms. The molecule has 1 aromatic rings. The summed E-state index contributed by atoms with van der Waals surface area (Å²) in [6.07, 6.45) is -0.372. The van der Waals surface area contributed by atoms with E-state index >= 15 is 0 Å².